The van der Waals surface area contributed by atoms with E-state index in [1.54, 1.807) is 18.5 Å². The number of aromatic nitrogens is 3. The molecule has 3 nitrogen and oxygen atoms in total. The Morgan fingerprint density at radius 2 is 2.21 bits per heavy atom. The first-order valence-corrected chi connectivity index (χ1v) is 5.03. The molecular formula is C8H5ClFN3S. The van der Waals surface area contributed by atoms with E-state index in [-0.39, 0.29) is 10.8 Å². The normalized spacial score (nSPS) is 10.5. The van der Waals surface area contributed by atoms with Crippen LogP contribution in [0.25, 0.3) is 10.8 Å². The molecule has 0 aliphatic rings. The molecule has 0 bridgehead atoms. The first kappa shape index (κ1) is 9.48. The summed E-state index contributed by atoms with van der Waals surface area (Å²) in [7, 11) is 0. The summed E-state index contributed by atoms with van der Waals surface area (Å²) in [5.41, 5.74) is 0.232. The zero-order chi connectivity index (χ0) is 10.1. The Hall–Kier alpha value is -1.07. The molecule has 0 aliphatic carbocycles. The predicted molar refractivity (Wildman–Crippen MR) is 52.8 cm³/mol. The average Bonchev–Trinajstić information content (AvgIpc) is 2.66. The summed E-state index contributed by atoms with van der Waals surface area (Å²) in [6.07, 6.45) is 1.63. The van der Waals surface area contributed by atoms with Gasteiger partial charge >= 0.3 is 0 Å². The van der Waals surface area contributed by atoms with Gasteiger partial charge in [-0.2, -0.15) is 0 Å². The summed E-state index contributed by atoms with van der Waals surface area (Å²) in [5.74, 6) is -0.212. The van der Waals surface area contributed by atoms with E-state index in [1.807, 2.05) is 0 Å². The third kappa shape index (κ3) is 1.60. The van der Waals surface area contributed by atoms with Crippen LogP contribution >= 0.6 is 22.9 Å². The molecule has 0 amide bonds. The summed E-state index contributed by atoms with van der Waals surface area (Å²) in [6, 6.07) is 0. The van der Waals surface area contributed by atoms with Gasteiger partial charge in [-0.1, -0.05) is 11.6 Å². The molecule has 72 valence electrons. The zero-order valence-corrected chi connectivity index (χ0v) is 8.73. The molecule has 0 atom stereocenters. The van der Waals surface area contributed by atoms with Crippen molar-refractivity contribution in [2.24, 2.45) is 0 Å². The quantitative estimate of drug-likeness (QED) is 0.706. The van der Waals surface area contributed by atoms with Gasteiger partial charge in [0.2, 0.25) is 0 Å². The van der Waals surface area contributed by atoms with Gasteiger partial charge in [-0.3, -0.25) is 0 Å². The molecule has 0 saturated carbocycles. The molecule has 0 radical (unpaired) electrons. The highest BCUT2D eigenvalue weighted by molar-refractivity contribution is 7.13. The SMILES string of the molecule is Cc1nc(-c2nccs2)nc(Cl)c1F. The smallest absolute Gasteiger partial charge is 0.190 e. The van der Waals surface area contributed by atoms with Crippen molar-refractivity contribution >= 4 is 22.9 Å². The van der Waals surface area contributed by atoms with Crippen LogP contribution in [0.15, 0.2) is 11.6 Å². The zero-order valence-electron chi connectivity index (χ0n) is 7.16. The summed E-state index contributed by atoms with van der Waals surface area (Å²) >= 11 is 6.97. The average molecular weight is 230 g/mol. The van der Waals surface area contributed by atoms with Crippen LogP contribution in [-0.4, -0.2) is 15.0 Å². The van der Waals surface area contributed by atoms with Crippen LogP contribution in [0.3, 0.4) is 0 Å². The van der Waals surface area contributed by atoms with Crippen LogP contribution in [-0.2, 0) is 0 Å². The van der Waals surface area contributed by atoms with Crippen LogP contribution in [0.2, 0.25) is 5.15 Å². The van der Waals surface area contributed by atoms with Crippen LogP contribution in [0, 0.1) is 12.7 Å². The second kappa shape index (κ2) is 3.59. The first-order chi connectivity index (χ1) is 6.68. The molecule has 6 heteroatoms. The maximum Gasteiger partial charge on any atom is 0.190 e. The second-order valence-electron chi connectivity index (χ2n) is 2.57. The number of thiazole rings is 1. The van der Waals surface area contributed by atoms with Crippen molar-refractivity contribution in [3.8, 4) is 10.8 Å². The van der Waals surface area contributed by atoms with Gasteiger partial charge in [0.05, 0.1) is 5.69 Å². The van der Waals surface area contributed by atoms with Crippen molar-refractivity contribution in [1.29, 1.82) is 0 Å². The molecule has 0 unspecified atom stereocenters. The third-order valence-electron chi connectivity index (χ3n) is 1.60. The molecule has 0 spiro atoms. The van der Waals surface area contributed by atoms with E-state index in [2.05, 4.69) is 15.0 Å². The lowest BCUT2D eigenvalue weighted by Gasteiger charge is -2.00. The fourth-order valence-electron chi connectivity index (χ4n) is 0.954. The predicted octanol–water partition coefficient (Wildman–Crippen LogP) is 2.70. The molecule has 0 aromatic carbocycles. The van der Waals surface area contributed by atoms with Crippen LogP contribution in [0.1, 0.15) is 5.69 Å². The van der Waals surface area contributed by atoms with E-state index in [4.69, 9.17) is 11.6 Å². The third-order valence-corrected chi connectivity index (χ3v) is 2.62. The minimum absolute atomic E-state index is 0.164. The lowest BCUT2D eigenvalue weighted by atomic mass is 10.4. The van der Waals surface area contributed by atoms with Crippen molar-refractivity contribution < 1.29 is 4.39 Å². The number of rotatable bonds is 1. The highest BCUT2D eigenvalue weighted by atomic mass is 35.5. The van der Waals surface area contributed by atoms with E-state index in [0.717, 1.165) is 0 Å². The minimum Gasteiger partial charge on any atom is -0.241 e. The van der Waals surface area contributed by atoms with E-state index in [9.17, 15) is 4.39 Å². The number of halogens is 2. The largest absolute Gasteiger partial charge is 0.241 e. The highest BCUT2D eigenvalue weighted by Crippen LogP contribution is 2.22. The molecule has 2 aromatic heterocycles. The van der Waals surface area contributed by atoms with E-state index < -0.39 is 5.82 Å². The Kier molecular flexibility index (Phi) is 2.43. The van der Waals surface area contributed by atoms with Crippen molar-refractivity contribution in [3.05, 3.63) is 28.2 Å². The van der Waals surface area contributed by atoms with Gasteiger partial charge in [-0.15, -0.1) is 11.3 Å². The van der Waals surface area contributed by atoms with E-state index in [1.165, 1.54) is 11.3 Å². The van der Waals surface area contributed by atoms with E-state index >= 15 is 0 Å². The molecule has 2 heterocycles. The lowest BCUT2D eigenvalue weighted by molar-refractivity contribution is 0.603. The molecule has 14 heavy (non-hydrogen) atoms. The second-order valence-corrected chi connectivity index (χ2v) is 3.83. The number of aryl methyl sites for hydroxylation is 1. The van der Waals surface area contributed by atoms with Crippen LogP contribution in [0.4, 0.5) is 4.39 Å². The number of hydrogen-bond acceptors (Lipinski definition) is 4. The Labute approximate surface area is 88.6 Å². The van der Waals surface area contributed by atoms with Gasteiger partial charge in [-0.05, 0) is 6.92 Å². The topological polar surface area (TPSA) is 38.7 Å². The standard InChI is InChI=1S/C8H5ClFN3S/c1-4-5(10)6(9)13-7(12-4)8-11-2-3-14-8/h2-3H,1H3. The fraction of sp³-hybridized carbons (Fsp3) is 0.125. The molecule has 2 aromatic rings. The monoisotopic (exact) mass is 229 g/mol. The highest BCUT2D eigenvalue weighted by Gasteiger charge is 2.11. The maximum absolute atomic E-state index is 13.1. The Morgan fingerprint density at radius 3 is 2.79 bits per heavy atom. The lowest BCUT2D eigenvalue weighted by Crippen LogP contribution is -1.96. The summed E-state index contributed by atoms with van der Waals surface area (Å²) < 4.78 is 13.1. The summed E-state index contributed by atoms with van der Waals surface area (Å²) in [5, 5.41) is 2.27. The maximum atomic E-state index is 13.1. The fourth-order valence-corrected chi connectivity index (χ4v) is 1.74. The van der Waals surface area contributed by atoms with E-state index in [0.29, 0.717) is 10.8 Å². The number of hydrogen-bond donors (Lipinski definition) is 0. The van der Waals surface area contributed by atoms with Gasteiger partial charge in [0.1, 0.15) is 0 Å². The Balaban J connectivity index is 2.57. The molecule has 0 saturated heterocycles. The van der Waals surface area contributed by atoms with Crippen molar-refractivity contribution in [3.63, 3.8) is 0 Å². The molecule has 0 fully saturated rings. The summed E-state index contributed by atoms with van der Waals surface area (Å²) in [4.78, 5) is 11.8. The van der Waals surface area contributed by atoms with Gasteiger partial charge < -0.3 is 0 Å². The van der Waals surface area contributed by atoms with Crippen molar-refractivity contribution in [1.82, 2.24) is 15.0 Å². The van der Waals surface area contributed by atoms with Gasteiger partial charge in [0.25, 0.3) is 0 Å². The van der Waals surface area contributed by atoms with Crippen molar-refractivity contribution in [2.75, 3.05) is 0 Å². The Morgan fingerprint density at radius 1 is 1.43 bits per heavy atom. The first-order valence-electron chi connectivity index (χ1n) is 3.78. The Bertz CT molecular complexity index is 435. The molecule has 0 aliphatic heterocycles. The minimum atomic E-state index is -0.577. The van der Waals surface area contributed by atoms with Gasteiger partial charge in [-0.25, -0.2) is 19.3 Å². The van der Waals surface area contributed by atoms with Gasteiger partial charge in [0.15, 0.2) is 21.8 Å². The van der Waals surface area contributed by atoms with Crippen molar-refractivity contribution in [2.45, 2.75) is 6.92 Å². The van der Waals surface area contributed by atoms with Crippen LogP contribution in [0.5, 0.6) is 0 Å². The molecule has 2 rings (SSSR count). The molecule has 0 N–H and O–H groups in total. The summed E-state index contributed by atoms with van der Waals surface area (Å²) in [6.45, 7) is 1.54. The van der Waals surface area contributed by atoms with Gasteiger partial charge in [0, 0.05) is 11.6 Å². The molecular weight excluding hydrogens is 225 g/mol. The number of nitrogens with zero attached hydrogens (tertiary/aromatic N) is 3. The van der Waals surface area contributed by atoms with Crippen LogP contribution < -0.4 is 0 Å².